The smallest absolute Gasteiger partial charge is 0.242 e. The van der Waals surface area contributed by atoms with Gasteiger partial charge in [-0.15, -0.1) is 0 Å². The molecule has 1 aromatic rings. The lowest BCUT2D eigenvalue weighted by molar-refractivity contribution is -0.141. The van der Waals surface area contributed by atoms with Crippen LogP contribution < -0.4 is 5.32 Å². The Morgan fingerprint density at radius 2 is 2.08 bits per heavy atom. The summed E-state index contributed by atoms with van der Waals surface area (Å²) in [6.45, 7) is 5.44. The molecule has 6 nitrogen and oxygen atoms in total. The summed E-state index contributed by atoms with van der Waals surface area (Å²) < 4.78 is 1.85. The molecule has 0 spiro atoms. The molecule has 0 radical (unpaired) electrons. The predicted octanol–water partition coefficient (Wildman–Crippen LogP) is 1.88. The summed E-state index contributed by atoms with van der Waals surface area (Å²) in [5, 5.41) is 3.21. The molecule has 1 aliphatic heterocycles. The second-order valence-corrected chi connectivity index (χ2v) is 7.54. The molecule has 1 aliphatic carbocycles. The van der Waals surface area contributed by atoms with Crippen LogP contribution in [0.4, 0.5) is 0 Å². The van der Waals surface area contributed by atoms with E-state index in [0.717, 1.165) is 38.1 Å². The third-order valence-corrected chi connectivity index (χ3v) is 5.52. The fourth-order valence-corrected chi connectivity index (χ4v) is 3.88. The van der Waals surface area contributed by atoms with E-state index >= 15 is 0 Å². The Hall–Kier alpha value is -1.85. The summed E-state index contributed by atoms with van der Waals surface area (Å²) in [5.41, 5.74) is -0.472. The molecular formula is C18H28N4O2. The lowest BCUT2D eigenvalue weighted by Crippen LogP contribution is -2.53. The largest absolute Gasteiger partial charge is 0.353 e. The maximum atomic E-state index is 12.8. The van der Waals surface area contributed by atoms with Crippen LogP contribution in [0.15, 0.2) is 12.4 Å². The highest BCUT2D eigenvalue weighted by Crippen LogP contribution is 2.31. The predicted molar refractivity (Wildman–Crippen MR) is 91.3 cm³/mol. The molecule has 0 unspecified atom stereocenters. The molecule has 2 fully saturated rings. The Bertz CT molecular complexity index is 606. The Morgan fingerprint density at radius 3 is 2.75 bits per heavy atom. The molecular weight excluding hydrogens is 304 g/mol. The number of nitrogens with zero attached hydrogens (tertiary/aromatic N) is 3. The quantitative estimate of drug-likeness (QED) is 0.915. The molecule has 2 amide bonds. The van der Waals surface area contributed by atoms with Gasteiger partial charge in [-0.1, -0.05) is 12.8 Å². The van der Waals surface area contributed by atoms with Gasteiger partial charge in [-0.2, -0.15) is 0 Å². The van der Waals surface area contributed by atoms with Gasteiger partial charge in [-0.25, -0.2) is 4.98 Å². The van der Waals surface area contributed by atoms with E-state index < -0.39 is 5.41 Å². The molecule has 3 rings (SSSR count). The Kier molecular flexibility index (Phi) is 4.92. The number of aryl methyl sites for hydroxylation is 1. The van der Waals surface area contributed by atoms with Crippen LogP contribution in [0.3, 0.4) is 0 Å². The lowest BCUT2D eigenvalue weighted by atomic mass is 9.80. The molecule has 0 aromatic carbocycles. The Balaban J connectivity index is 1.61. The molecule has 24 heavy (non-hydrogen) atoms. The van der Waals surface area contributed by atoms with Crippen LogP contribution in [0.2, 0.25) is 0 Å². The van der Waals surface area contributed by atoms with Crippen molar-refractivity contribution in [2.45, 2.75) is 65.0 Å². The van der Waals surface area contributed by atoms with Gasteiger partial charge >= 0.3 is 0 Å². The number of piperidine rings is 1. The van der Waals surface area contributed by atoms with E-state index in [0.29, 0.717) is 19.1 Å². The van der Waals surface area contributed by atoms with Gasteiger partial charge in [0.1, 0.15) is 12.4 Å². The van der Waals surface area contributed by atoms with Gasteiger partial charge < -0.3 is 14.8 Å². The molecule has 1 N–H and O–H groups in total. The van der Waals surface area contributed by atoms with Crippen molar-refractivity contribution in [2.24, 2.45) is 5.41 Å². The van der Waals surface area contributed by atoms with Crippen LogP contribution >= 0.6 is 0 Å². The van der Waals surface area contributed by atoms with Crippen molar-refractivity contribution in [1.82, 2.24) is 19.8 Å². The zero-order chi connectivity index (χ0) is 17.2. The third-order valence-electron chi connectivity index (χ3n) is 5.52. The van der Waals surface area contributed by atoms with Crippen molar-refractivity contribution < 1.29 is 9.59 Å². The summed E-state index contributed by atoms with van der Waals surface area (Å²) >= 11 is 0. The number of nitrogens with one attached hydrogen (secondary N) is 1. The SMILES string of the molecule is Cc1nccn1CC(=O)N1CCC[C@](C)(C(=O)NC2CCCC2)C1. The minimum absolute atomic E-state index is 0.0655. The van der Waals surface area contributed by atoms with Gasteiger partial charge in [-0.05, 0) is 39.5 Å². The molecule has 1 saturated heterocycles. The standard InChI is InChI=1S/C18H28N4O2/c1-14-19-9-11-21(14)12-16(23)22-10-5-8-18(2,13-22)17(24)20-15-6-3-4-7-15/h9,11,15H,3-8,10,12-13H2,1-2H3,(H,20,24)/t18-/m0/s1. The highest BCUT2D eigenvalue weighted by Gasteiger charge is 2.40. The van der Waals surface area contributed by atoms with Crippen LogP contribution in [0.5, 0.6) is 0 Å². The van der Waals surface area contributed by atoms with Crippen molar-refractivity contribution in [3.05, 3.63) is 18.2 Å². The van der Waals surface area contributed by atoms with Gasteiger partial charge in [0.2, 0.25) is 11.8 Å². The molecule has 1 saturated carbocycles. The molecule has 2 heterocycles. The number of aromatic nitrogens is 2. The molecule has 2 aliphatic rings. The van der Waals surface area contributed by atoms with E-state index in [1.165, 1.54) is 12.8 Å². The first-order valence-corrected chi connectivity index (χ1v) is 9.04. The van der Waals surface area contributed by atoms with E-state index in [1.54, 1.807) is 6.20 Å². The number of likely N-dealkylation sites (tertiary alicyclic amines) is 1. The Morgan fingerprint density at radius 1 is 1.33 bits per heavy atom. The maximum absolute atomic E-state index is 12.8. The zero-order valence-corrected chi connectivity index (χ0v) is 14.8. The molecule has 1 atom stereocenters. The topological polar surface area (TPSA) is 67.2 Å². The third kappa shape index (κ3) is 3.62. The van der Waals surface area contributed by atoms with E-state index in [1.807, 2.05) is 29.5 Å². The summed E-state index contributed by atoms with van der Waals surface area (Å²) in [4.78, 5) is 31.4. The van der Waals surface area contributed by atoms with Gasteiger partial charge in [-0.3, -0.25) is 9.59 Å². The lowest BCUT2D eigenvalue weighted by Gasteiger charge is -2.40. The fourth-order valence-electron chi connectivity index (χ4n) is 3.88. The summed E-state index contributed by atoms with van der Waals surface area (Å²) in [6.07, 6.45) is 9.84. The average Bonchev–Trinajstić information content (AvgIpc) is 3.20. The number of carbonyl (C=O) groups is 2. The first-order valence-electron chi connectivity index (χ1n) is 9.04. The molecule has 132 valence electrons. The van der Waals surface area contributed by atoms with Gasteiger partial charge in [0.15, 0.2) is 0 Å². The molecule has 1 aromatic heterocycles. The minimum Gasteiger partial charge on any atom is -0.353 e. The minimum atomic E-state index is -0.472. The molecule has 6 heteroatoms. The van der Waals surface area contributed by atoms with Crippen molar-refractivity contribution in [3.63, 3.8) is 0 Å². The van der Waals surface area contributed by atoms with E-state index in [4.69, 9.17) is 0 Å². The van der Waals surface area contributed by atoms with E-state index in [-0.39, 0.29) is 11.8 Å². The number of hydrogen-bond acceptors (Lipinski definition) is 3. The highest BCUT2D eigenvalue weighted by molar-refractivity contribution is 5.84. The number of amides is 2. The summed E-state index contributed by atoms with van der Waals surface area (Å²) in [6, 6.07) is 0.328. The normalized spacial score (nSPS) is 25.0. The van der Waals surface area contributed by atoms with Crippen LogP contribution in [0.1, 0.15) is 51.3 Å². The van der Waals surface area contributed by atoms with Crippen LogP contribution in [-0.2, 0) is 16.1 Å². The zero-order valence-electron chi connectivity index (χ0n) is 14.8. The average molecular weight is 332 g/mol. The summed E-state index contributed by atoms with van der Waals surface area (Å²) in [7, 11) is 0. The van der Waals surface area contributed by atoms with E-state index in [2.05, 4.69) is 10.3 Å². The molecule has 0 bridgehead atoms. The first kappa shape index (κ1) is 17.0. The van der Waals surface area contributed by atoms with E-state index in [9.17, 15) is 9.59 Å². The number of hydrogen-bond donors (Lipinski definition) is 1. The monoisotopic (exact) mass is 332 g/mol. The van der Waals surface area contributed by atoms with Crippen molar-refractivity contribution >= 4 is 11.8 Å². The summed E-state index contributed by atoms with van der Waals surface area (Å²) in [5.74, 6) is 1.02. The fraction of sp³-hybridized carbons (Fsp3) is 0.722. The highest BCUT2D eigenvalue weighted by atomic mass is 16.2. The number of carbonyl (C=O) groups excluding carboxylic acids is 2. The van der Waals surface area contributed by atoms with Crippen molar-refractivity contribution in [3.8, 4) is 0 Å². The van der Waals surface area contributed by atoms with Crippen molar-refractivity contribution in [2.75, 3.05) is 13.1 Å². The van der Waals surface area contributed by atoms with Gasteiger partial charge in [0.05, 0.1) is 5.41 Å². The maximum Gasteiger partial charge on any atom is 0.242 e. The number of rotatable bonds is 4. The Labute approximate surface area is 143 Å². The van der Waals surface area contributed by atoms with Crippen LogP contribution in [0, 0.1) is 12.3 Å². The van der Waals surface area contributed by atoms with Crippen LogP contribution in [0.25, 0.3) is 0 Å². The number of imidazole rings is 1. The van der Waals surface area contributed by atoms with Crippen molar-refractivity contribution in [1.29, 1.82) is 0 Å². The van der Waals surface area contributed by atoms with Crippen LogP contribution in [-0.4, -0.2) is 45.4 Å². The van der Waals surface area contributed by atoms with Gasteiger partial charge in [0, 0.05) is 31.5 Å². The second kappa shape index (κ2) is 6.95. The van der Waals surface area contributed by atoms with Gasteiger partial charge in [0.25, 0.3) is 0 Å². The first-order chi connectivity index (χ1) is 11.5. The second-order valence-electron chi connectivity index (χ2n) is 7.54.